The maximum absolute atomic E-state index is 11.5. The van der Waals surface area contributed by atoms with Crippen LogP contribution in [0.2, 0.25) is 0 Å². The highest BCUT2D eigenvalue weighted by molar-refractivity contribution is 5.91. The summed E-state index contributed by atoms with van der Waals surface area (Å²) >= 11 is 0. The Hall–Kier alpha value is -0.890. The van der Waals surface area contributed by atoms with E-state index >= 15 is 0 Å². The number of aliphatic hydroxyl groups is 1. The van der Waals surface area contributed by atoms with Crippen LogP contribution in [0.15, 0.2) is 18.2 Å². The molecule has 0 bridgehead atoms. The van der Waals surface area contributed by atoms with E-state index in [2.05, 4.69) is 6.08 Å². The van der Waals surface area contributed by atoms with E-state index < -0.39 is 5.60 Å². The van der Waals surface area contributed by atoms with E-state index in [0.29, 0.717) is 0 Å². The summed E-state index contributed by atoms with van der Waals surface area (Å²) in [5.74, 6) is -0.426. The maximum atomic E-state index is 11.5. The number of carbonyl (C=O) groups excluding carboxylic acids is 1. The lowest BCUT2D eigenvalue weighted by atomic mass is 9.73. The van der Waals surface area contributed by atoms with Crippen molar-refractivity contribution in [2.75, 3.05) is 0 Å². The van der Waals surface area contributed by atoms with Crippen molar-refractivity contribution in [1.29, 1.82) is 0 Å². The molecule has 2 rings (SSSR count). The quantitative estimate of drug-likeness (QED) is 0.686. The van der Waals surface area contributed by atoms with Crippen LogP contribution in [-0.4, -0.2) is 16.5 Å². The van der Waals surface area contributed by atoms with Gasteiger partial charge in [-0.1, -0.05) is 37.5 Å². The molecule has 1 saturated carbocycles. The van der Waals surface area contributed by atoms with Crippen molar-refractivity contribution in [1.82, 2.24) is 0 Å². The first-order valence-corrected chi connectivity index (χ1v) is 5.25. The van der Waals surface area contributed by atoms with Crippen molar-refractivity contribution >= 4 is 5.78 Å². The normalized spacial score (nSPS) is 30.6. The number of hydrogen-bond donors (Lipinski definition) is 1. The van der Waals surface area contributed by atoms with E-state index in [0.717, 1.165) is 25.7 Å². The van der Waals surface area contributed by atoms with Gasteiger partial charge in [0.2, 0.25) is 0 Å². The molecule has 0 heterocycles. The van der Waals surface area contributed by atoms with Gasteiger partial charge >= 0.3 is 0 Å². The van der Waals surface area contributed by atoms with Crippen LogP contribution in [0.25, 0.3) is 0 Å². The number of hydrogen-bond acceptors (Lipinski definition) is 2. The molecule has 1 radical (unpaired) electrons. The van der Waals surface area contributed by atoms with Gasteiger partial charge in [-0.15, -0.1) is 0 Å². The number of carbonyl (C=O) groups is 1. The zero-order valence-electron chi connectivity index (χ0n) is 8.20. The maximum Gasteiger partial charge on any atom is 0.173 e. The molecule has 75 valence electrons. The van der Waals surface area contributed by atoms with E-state index in [-0.39, 0.29) is 11.7 Å². The molecule has 0 spiro atoms. The van der Waals surface area contributed by atoms with E-state index in [1.807, 2.05) is 6.08 Å². The SMILES string of the molecule is O=C1[C]=CC=CC1C1(O)CCCCC1. The molecule has 2 nitrogen and oxygen atoms in total. The van der Waals surface area contributed by atoms with Gasteiger partial charge in [-0.2, -0.15) is 0 Å². The van der Waals surface area contributed by atoms with E-state index in [1.54, 1.807) is 12.2 Å². The fraction of sp³-hybridized carbons (Fsp3) is 0.583. The van der Waals surface area contributed by atoms with Crippen LogP contribution >= 0.6 is 0 Å². The Morgan fingerprint density at radius 3 is 2.71 bits per heavy atom. The molecule has 2 heteroatoms. The number of Topliss-reactive ketones (excluding diaryl/α,β-unsaturated/α-hetero) is 1. The van der Waals surface area contributed by atoms with Crippen molar-refractivity contribution < 1.29 is 9.90 Å². The molecule has 0 aliphatic heterocycles. The van der Waals surface area contributed by atoms with Crippen LogP contribution in [0.4, 0.5) is 0 Å². The standard InChI is InChI=1S/C12H15O2/c13-11-7-3-2-6-10(11)12(14)8-4-1-5-9-12/h2-3,6,10,14H,1,4-5,8-9H2. The van der Waals surface area contributed by atoms with Gasteiger partial charge in [-0.25, -0.2) is 0 Å². The first kappa shape index (κ1) is 9.66. The first-order chi connectivity index (χ1) is 6.72. The molecule has 0 amide bonds. The first-order valence-electron chi connectivity index (χ1n) is 5.25. The van der Waals surface area contributed by atoms with Crippen molar-refractivity contribution in [2.45, 2.75) is 37.7 Å². The van der Waals surface area contributed by atoms with Gasteiger partial charge in [0.25, 0.3) is 0 Å². The minimum atomic E-state index is -0.799. The molecule has 0 saturated heterocycles. The van der Waals surface area contributed by atoms with Crippen molar-refractivity contribution in [2.24, 2.45) is 5.92 Å². The monoisotopic (exact) mass is 191 g/mol. The summed E-state index contributed by atoms with van der Waals surface area (Å²) in [4.78, 5) is 11.5. The number of ketones is 1. The van der Waals surface area contributed by atoms with Crippen LogP contribution in [0.5, 0.6) is 0 Å². The van der Waals surface area contributed by atoms with Gasteiger partial charge in [-0.3, -0.25) is 4.79 Å². The highest BCUT2D eigenvalue weighted by atomic mass is 16.3. The van der Waals surface area contributed by atoms with E-state index in [4.69, 9.17) is 0 Å². The van der Waals surface area contributed by atoms with Crippen LogP contribution in [0.3, 0.4) is 0 Å². The van der Waals surface area contributed by atoms with Crippen molar-refractivity contribution in [3.05, 3.63) is 24.3 Å². The second-order valence-corrected chi connectivity index (χ2v) is 4.20. The van der Waals surface area contributed by atoms with Crippen molar-refractivity contribution in [3.8, 4) is 0 Å². The predicted molar refractivity (Wildman–Crippen MR) is 53.5 cm³/mol. The zero-order chi connectivity index (χ0) is 10.0. The molecule has 1 N–H and O–H groups in total. The molecule has 14 heavy (non-hydrogen) atoms. The fourth-order valence-electron chi connectivity index (χ4n) is 2.37. The van der Waals surface area contributed by atoms with Crippen LogP contribution in [-0.2, 0) is 4.79 Å². The lowest BCUT2D eigenvalue weighted by Crippen LogP contribution is -2.43. The smallest absolute Gasteiger partial charge is 0.173 e. The van der Waals surface area contributed by atoms with Gasteiger partial charge in [0.1, 0.15) is 0 Å². The Morgan fingerprint density at radius 2 is 2.07 bits per heavy atom. The summed E-state index contributed by atoms with van der Waals surface area (Å²) in [5, 5.41) is 10.3. The van der Waals surface area contributed by atoms with Gasteiger partial charge in [0.05, 0.1) is 11.5 Å². The highest BCUT2D eigenvalue weighted by Crippen LogP contribution is 2.36. The Balaban J connectivity index is 2.16. The highest BCUT2D eigenvalue weighted by Gasteiger charge is 2.40. The fourth-order valence-corrected chi connectivity index (χ4v) is 2.37. The molecule has 2 aliphatic rings. The predicted octanol–water partition coefficient (Wildman–Crippen LogP) is 1.80. The van der Waals surface area contributed by atoms with E-state index in [1.165, 1.54) is 6.42 Å². The Morgan fingerprint density at radius 1 is 1.36 bits per heavy atom. The minimum Gasteiger partial charge on any atom is -0.389 e. The number of rotatable bonds is 1. The van der Waals surface area contributed by atoms with E-state index in [9.17, 15) is 9.90 Å². The molecule has 1 fully saturated rings. The molecule has 1 atom stereocenters. The second-order valence-electron chi connectivity index (χ2n) is 4.20. The third-order valence-corrected chi connectivity index (χ3v) is 3.21. The van der Waals surface area contributed by atoms with Crippen LogP contribution in [0.1, 0.15) is 32.1 Å². The molecule has 1 unspecified atom stereocenters. The average Bonchev–Trinajstić information content (AvgIpc) is 2.19. The van der Waals surface area contributed by atoms with Crippen molar-refractivity contribution in [3.63, 3.8) is 0 Å². The Bertz CT molecular complexity index is 283. The minimum absolute atomic E-state index is 0.0723. The average molecular weight is 191 g/mol. The summed E-state index contributed by atoms with van der Waals surface area (Å²) < 4.78 is 0. The number of allylic oxidation sites excluding steroid dienone is 3. The lowest BCUT2D eigenvalue weighted by Gasteiger charge is -2.37. The summed E-state index contributed by atoms with van der Waals surface area (Å²) in [6.07, 6.45) is 12.6. The van der Waals surface area contributed by atoms with Crippen LogP contribution < -0.4 is 0 Å². The summed E-state index contributed by atoms with van der Waals surface area (Å²) in [5.41, 5.74) is -0.799. The van der Waals surface area contributed by atoms with Crippen LogP contribution in [0, 0.1) is 12.0 Å². The lowest BCUT2D eigenvalue weighted by molar-refractivity contribution is -0.127. The van der Waals surface area contributed by atoms with Gasteiger partial charge < -0.3 is 5.11 Å². The molecule has 0 aromatic heterocycles. The summed E-state index contributed by atoms with van der Waals surface area (Å²) in [7, 11) is 0. The van der Waals surface area contributed by atoms with Gasteiger partial charge in [-0.05, 0) is 12.8 Å². The molecule has 0 aromatic carbocycles. The second kappa shape index (κ2) is 3.70. The third-order valence-electron chi connectivity index (χ3n) is 3.21. The Labute approximate surface area is 84.3 Å². The third kappa shape index (κ3) is 1.67. The topological polar surface area (TPSA) is 37.3 Å². The molecular formula is C12H15O2. The van der Waals surface area contributed by atoms with Gasteiger partial charge in [0, 0.05) is 6.08 Å². The van der Waals surface area contributed by atoms with Gasteiger partial charge in [0.15, 0.2) is 5.78 Å². The molecular weight excluding hydrogens is 176 g/mol. The Kier molecular flexibility index (Phi) is 2.55. The summed E-state index contributed by atoms with van der Waals surface area (Å²) in [6, 6.07) is 0. The zero-order valence-corrected chi connectivity index (χ0v) is 8.20. The largest absolute Gasteiger partial charge is 0.389 e. The summed E-state index contributed by atoms with van der Waals surface area (Å²) in [6.45, 7) is 0. The molecule has 2 aliphatic carbocycles. The molecule has 0 aromatic rings.